The van der Waals surface area contributed by atoms with Gasteiger partial charge in [-0.15, -0.1) is 0 Å². The molecule has 190 valence electrons. The van der Waals surface area contributed by atoms with E-state index in [1.807, 2.05) is 6.92 Å². The van der Waals surface area contributed by atoms with Gasteiger partial charge in [-0.1, -0.05) is 60.7 Å². The average Bonchev–Trinajstić information content (AvgIpc) is 2.92. The van der Waals surface area contributed by atoms with Gasteiger partial charge in [-0.2, -0.15) is 0 Å². The lowest BCUT2D eigenvalue weighted by molar-refractivity contribution is -0.139. The molecule has 2 aliphatic rings. The fraction of sp³-hybridized carbons (Fsp3) is 0.400. The Labute approximate surface area is 214 Å². The predicted molar refractivity (Wildman–Crippen MR) is 140 cm³/mol. The Morgan fingerprint density at radius 3 is 1.92 bits per heavy atom. The van der Waals surface area contributed by atoms with Crippen molar-refractivity contribution in [3.05, 3.63) is 94.3 Å². The summed E-state index contributed by atoms with van der Waals surface area (Å²) in [5, 5.41) is 3.10. The minimum atomic E-state index is -0.426. The summed E-state index contributed by atoms with van der Waals surface area (Å²) in [4.78, 5) is 27.2. The third-order valence-electron chi connectivity index (χ3n) is 7.53. The van der Waals surface area contributed by atoms with E-state index in [0.717, 1.165) is 44.6 Å². The van der Waals surface area contributed by atoms with E-state index in [-0.39, 0.29) is 17.8 Å². The molecule has 6 nitrogen and oxygen atoms in total. The van der Waals surface area contributed by atoms with Crippen LogP contribution in [0, 0.1) is 0 Å². The maximum Gasteiger partial charge on any atom is 0.336 e. The lowest BCUT2D eigenvalue weighted by Crippen LogP contribution is -2.43. The third kappa shape index (κ3) is 5.54. The van der Waals surface area contributed by atoms with Crippen LogP contribution in [0.1, 0.15) is 50.7 Å². The van der Waals surface area contributed by atoms with Gasteiger partial charge in [0.25, 0.3) is 0 Å². The van der Waals surface area contributed by atoms with Gasteiger partial charge in [0.1, 0.15) is 0 Å². The first-order valence-corrected chi connectivity index (χ1v) is 12.7. The van der Waals surface area contributed by atoms with Crippen LogP contribution in [0.3, 0.4) is 0 Å². The van der Waals surface area contributed by atoms with E-state index in [1.54, 1.807) is 6.92 Å². The molecule has 0 unspecified atom stereocenters. The molecule has 2 aromatic carbocycles. The van der Waals surface area contributed by atoms with Crippen LogP contribution in [-0.2, 0) is 24.5 Å². The van der Waals surface area contributed by atoms with Crippen molar-refractivity contribution < 1.29 is 19.1 Å². The highest BCUT2D eigenvalue weighted by atomic mass is 16.5. The van der Waals surface area contributed by atoms with Crippen molar-refractivity contribution in [2.75, 3.05) is 33.4 Å². The summed E-state index contributed by atoms with van der Waals surface area (Å²) in [5.41, 5.74) is 5.17. The number of dihydropyridines is 1. The van der Waals surface area contributed by atoms with Crippen molar-refractivity contribution in [1.82, 2.24) is 10.2 Å². The van der Waals surface area contributed by atoms with Gasteiger partial charge in [-0.05, 0) is 57.3 Å². The van der Waals surface area contributed by atoms with E-state index in [1.165, 1.54) is 18.2 Å². The number of carbonyl (C=O) groups excluding carboxylic acids is 2. The summed E-state index contributed by atoms with van der Waals surface area (Å²) in [7, 11) is 1.34. The number of nitrogens with zero attached hydrogens (tertiary/aromatic N) is 1. The third-order valence-corrected chi connectivity index (χ3v) is 7.53. The molecule has 1 fully saturated rings. The Balaban J connectivity index is 1.29. The van der Waals surface area contributed by atoms with Crippen molar-refractivity contribution in [2.45, 2.75) is 44.9 Å². The average molecular weight is 489 g/mol. The normalized spacial score (nSPS) is 18.0. The number of methoxy groups -OCH3 is 1. The first-order valence-electron chi connectivity index (χ1n) is 12.7. The summed E-state index contributed by atoms with van der Waals surface area (Å²) in [5.74, 6) is -0.801. The van der Waals surface area contributed by atoms with Gasteiger partial charge in [0.15, 0.2) is 0 Å². The minimum Gasteiger partial charge on any atom is -0.466 e. The number of hydrogen-bond acceptors (Lipinski definition) is 6. The van der Waals surface area contributed by atoms with Gasteiger partial charge in [0.2, 0.25) is 0 Å². The monoisotopic (exact) mass is 488 g/mol. The van der Waals surface area contributed by atoms with Crippen LogP contribution in [0.2, 0.25) is 0 Å². The molecule has 0 radical (unpaired) electrons. The smallest absolute Gasteiger partial charge is 0.336 e. The van der Waals surface area contributed by atoms with E-state index < -0.39 is 5.97 Å². The number of carbonyl (C=O) groups is 2. The fourth-order valence-electron chi connectivity index (χ4n) is 5.40. The second-order valence-electron chi connectivity index (χ2n) is 9.65. The number of allylic oxidation sites excluding steroid dienone is 2. The zero-order valence-electron chi connectivity index (χ0n) is 21.5. The molecule has 6 heteroatoms. The van der Waals surface area contributed by atoms with Gasteiger partial charge in [-0.3, -0.25) is 0 Å². The molecule has 0 bridgehead atoms. The largest absolute Gasteiger partial charge is 0.466 e. The molecule has 36 heavy (non-hydrogen) atoms. The van der Waals surface area contributed by atoms with Crippen LogP contribution in [0.5, 0.6) is 0 Å². The Hall–Kier alpha value is -3.38. The van der Waals surface area contributed by atoms with Crippen LogP contribution in [-0.4, -0.2) is 50.2 Å². The van der Waals surface area contributed by atoms with Gasteiger partial charge < -0.3 is 19.7 Å². The zero-order chi connectivity index (χ0) is 25.5. The summed E-state index contributed by atoms with van der Waals surface area (Å²) in [6.45, 7) is 6.87. The Morgan fingerprint density at radius 1 is 0.861 bits per heavy atom. The number of likely N-dealkylation sites (tertiary alicyclic amines) is 1. The van der Waals surface area contributed by atoms with Crippen molar-refractivity contribution in [3.63, 3.8) is 0 Å². The van der Waals surface area contributed by atoms with Crippen molar-refractivity contribution in [3.8, 4) is 0 Å². The Morgan fingerprint density at radius 2 is 1.39 bits per heavy atom. The highest BCUT2D eigenvalue weighted by Crippen LogP contribution is 2.41. The molecule has 2 aromatic rings. The standard InChI is InChI=1S/C30H36N2O4/c1-22-26(28(33)35-3)21-27(23(2)31-22)29(34)36-20-10-17-32-18-15-30(16-19-32,24-11-6-4-7-12-24)25-13-8-5-9-14-25/h4-9,11-14,31H,10,15-21H2,1-3H3. The van der Waals surface area contributed by atoms with E-state index in [2.05, 4.69) is 70.9 Å². The first kappa shape index (κ1) is 25.7. The molecule has 4 rings (SSSR count). The van der Waals surface area contributed by atoms with E-state index in [9.17, 15) is 9.59 Å². The van der Waals surface area contributed by atoms with Crippen LogP contribution in [0.4, 0.5) is 0 Å². The molecule has 1 N–H and O–H groups in total. The summed E-state index contributed by atoms with van der Waals surface area (Å²) in [6.07, 6.45) is 3.11. The number of esters is 2. The second kappa shape index (κ2) is 11.6. The lowest BCUT2D eigenvalue weighted by atomic mass is 9.68. The van der Waals surface area contributed by atoms with Crippen LogP contribution in [0.15, 0.2) is 83.2 Å². The highest BCUT2D eigenvalue weighted by Gasteiger charge is 2.37. The molecule has 0 atom stereocenters. The van der Waals surface area contributed by atoms with Gasteiger partial charge in [0.05, 0.1) is 24.9 Å². The Bertz CT molecular complexity index is 1090. The summed E-state index contributed by atoms with van der Waals surface area (Å²) < 4.78 is 10.4. The van der Waals surface area contributed by atoms with Crippen molar-refractivity contribution in [2.24, 2.45) is 0 Å². The van der Waals surface area contributed by atoms with Crippen molar-refractivity contribution in [1.29, 1.82) is 0 Å². The lowest BCUT2D eigenvalue weighted by Gasteiger charge is -2.43. The van der Waals surface area contributed by atoms with Crippen molar-refractivity contribution >= 4 is 11.9 Å². The molecule has 0 amide bonds. The van der Waals surface area contributed by atoms with Gasteiger partial charge in [0, 0.05) is 29.8 Å². The topological polar surface area (TPSA) is 67.9 Å². The van der Waals surface area contributed by atoms with Crippen LogP contribution < -0.4 is 5.32 Å². The highest BCUT2D eigenvalue weighted by molar-refractivity contribution is 5.96. The summed E-state index contributed by atoms with van der Waals surface area (Å²) in [6, 6.07) is 21.7. The molecule has 0 aliphatic carbocycles. The summed E-state index contributed by atoms with van der Waals surface area (Å²) >= 11 is 0. The maximum absolute atomic E-state index is 12.7. The van der Waals surface area contributed by atoms with E-state index >= 15 is 0 Å². The molecule has 2 heterocycles. The number of ether oxygens (including phenoxy) is 2. The van der Waals surface area contributed by atoms with Crippen LogP contribution in [0.25, 0.3) is 0 Å². The molecular weight excluding hydrogens is 452 g/mol. The second-order valence-corrected chi connectivity index (χ2v) is 9.65. The SMILES string of the molecule is COC(=O)C1=C(C)NC(C)=C(C(=O)OCCCN2CCC(c3ccccc3)(c3ccccc3)CC2)C1. The molecule has 0 spiro atoms. The van der Waals surface area contributed by atoms with Gasteiger partial charge >= 0.3 is 11.9 Å². The van der Waals surface area contributed by atoms with E-state index in [4.69, 9.17) is 9.47 Å². The zero-order valence-corrected chi connectivity index (χ0v) is 21.5. The fourth-order valence-corrected chi connectivity index (χ4v) is 5.40. The number of hydrogen-bond donors (Lipinski definition) is 1. The molecular formula is C30H36N2O4. The number of nitrogens with one attached hydrogen (secondary N) is 1. The Kier molecular flexibility index (Phi) is 8.26. The molecule has 2 aliphatic heterocycles. The van der Waals surface area contributed by atoms with Gasteiger partial charge in [-0.25, -0.2) is 9.59 Å². The minimum absolute atomic E-state index is 0.0342. The van der Waals surface area contributed by atoms with E-state index in [0.29, 0.717) is 23.5 Å². The molecule has 1 saturated heterocycles. The maximum atomic E-state index is 12.7. The predicted octanol–water partition coefficient (Wildman–Crippen LogP) is 4.72. The molecule has 0 saturated carbocycles. The first-order chi connectivity index (χ1) is 17.4. The molecule has 0 aromatic heterocycles. The quantitative estimate of drug-likeness (QED) is 0.429. The number of piperidine rings is 1. The number of benzene rings is 2. The number of rotatable bonds is 8. The van der Waals surface area contributed by atoms with Crippen LogP contribution >= 0.6 is 0 Å².